The molecule has 194 valence electrons. The quantitative estimate of drug-likeness (QED) is 0.179. The van der Waals surface area contributed by atoms with Gasteiger partial charge >= 0.3 is 0 Å². The van der Waals surface area contributed by atoms with Crippen molar-refractivity contribution in [2.75, 3.05) is 20.3 Å². The van der Waals surface area contributed by atoms with Gasteiger partial charge in [-0.05, 0) is 73.0 Å². The van der Waals surface area contributed by atoms with Crippen molar-refractivity contribution in [3.8, 4) is 16.3 Å². The van der Waals surface area contributed by atoms with Crippen LogP contribution in [0, 0.1) is 12.7 Å². The number of nitrogens with one attached hydrogen (secondary N) is 1. The van der Waals surface area contributed by atoms with E-state index in [0.29, 0.717) is 52.6 Å². The van der Waals surface area contributed by atoms with E-state index >= 15 is 0 Å². The molecule has 5 rings (SSSR count). The molecule has 0 atom stereocenters. The maximum atomic E-state index is 13.0. The van der Waals surface area contributed by atoms with Gasteiger partial charge in [-0.1, -0.05) is 0 Å². The number of benzene rings is 3. The van der Waals surface area contributed by atoms with Crippen LogP contribution in [0.5, 0.6) is 5.75 Å². The molecule has 3 N–H and O–H groups in total. The molecular formula is C27H24FN5O3S2. The summed E-state index contributed by atoms with van der Waals surface area (Å²) in [5.41, 5.74) is 10.3. The Morgan fingerprint density at radius 3 is 2.71 bits per heavy atom. The molecule has 38 heavy (non-hydrogen) atoms. The maximum absolute atomic E-state index is 13.0. The molecule has 1 amide bonds. The minimum Gasteiger partial charge on any atom is -0.492 e. The number of fused-ring (bicyclic) bond motifs is 2. The van der Waals surface area contributed by atoms with Crippen molar-refractivity contribution >= 4 is 50.4 Å². The number of carbonyl (C=O) groups is 1. The highest BCUT2D eigenvalue weighted by atomic mass is 32.2. The topological polar surface area (TPSA) is 112 Å². The lowest BCUT2D eigenvalue weighted by atomic mass is 10.1. The molecule has 11 heteroatoms. The van der Waals surface area contributed by atoms with Gasteiger partial charge in [0.05, 0.1) is 39.7 Å². The fourth-order valence-corrected chi connectivity index (χ4v) is 5.61. The van der Waals surface area contributed by atoms with Gasteiger partial charge in [0.1, 0.15) is 23.2 Å². The number of aromatic nitrogens is 3. The van der Waals surface area contributed by atoms with Gasteiger partial charge in [-0.3, -0.25) is 14.5 Å². The molecule has 8 nitrogen and oxygen atoms in total. The molecule has 5 aromatic rings. The molecule has 0 aliphatic heterocycles. The highest BCUT2D eigenvalue weighted by Gasteiger charge is 2.17. The number of hydrogen-bond acceptors (Lipinski definition) is 9. The smallest absolute Gasteiger partial charge is 0.248 e. The number of carbonyl (C=O) groups excluding carboxylic acids is 1. The fraction of sp³-hybridized carbons (Fsp3) is 0.185. The number of hydrogen-bond donors (Lipinski definition) is 2. The second-order valence-electron chi connectivity index (χ2n) is 8.45. The van der Waals surface area contributed by atoms with Crippen LogP contribution >= 0.6 is 23.3 Å². The summed E-state index contributed by atoms with van der Waals surface area (Å²) in [6.07, 6.45) is 1.66. The zero-order chi connectivity index (χ0) is 26.6. The summed E-state index contributed by atoms with van der Waals surface area (Å²) >= 11 is 2.91. The van der Waals surface area contributed by atoms with Crippen LogP contribution in [0.3, 0.4) is 0 Å². The van der Waals surface area contributed by atoms with Gasteiger partial charge in [-0.25, -0.2) is 14.4 Å². The highest BCUT2D eigenvalue weighted by Crippen LogP contribution is 2.37. The molecule has 0 spiro atoms. The minimum atomic E-state index is -0.550. The van der Waals surface area contributed by atoms with E-state index in [4.69, 9.17) is 20.2 Å². The SMILES string of the molecule is COCc1cnc2c(-c3nc4c(C)cc(OCCNSc5ccc(F)cc5)cc4s3)cc(C(N)=O)cc2n1. The zero-order valence-corrected chi connectivity index (χ0v) is 22.3. The van der Waals surface area contributed by atoms with Crippen LogP contribution in [0.2, 0.25) is 0 Å². The molecule has 2 aromatic heterocycles. The number of methoxy groups -OCH3 is 1. The normalized spacial score (nSPS) is 11.3. The Bertz CT molecular complexity index is 1630. The summed E-state index contributed by atoms with van der Waals surface area (Å²) < 4.78 is 28.3. The summed E-state index contributed by atoms with van der Waals surface area (Å²) in [6, 6.07) is 13.6. The zero-order valence-electron chi connectivity index (χ0n) is 20.7. The maximum Gasteiger partial charge on any atom is 0.248 e. The lowest BCUT2D eigenvalue weighted by Gasteiger charge is -2.08. The highest BCUT2D eigenvalue weighted by molar-refractivity contribution is 7.97. The summed E-state index contributed by atoms with van der Waals surface area (Å²) in [4.78, 5) is 27.0. The number of aryl methyl sites for hydroxylation is 1. The van der Waals surface area contributed by atoms with Crippen molar-refractivity contribution in [2.24, 2.45) is 5.73 Å². The van der Waals surface area contributed by atoms with Crippen LogP contribution in [-0.4, -0.2) is 41.1 Å². The summed E-state index contributed by atoms with van der Waals surface area (Å²) in [5, 5.41) is 0.708. The van der Waals surface area contributed by atoms with Crippen LogP contribution in [0.1, 0.15) is 21.6 Å². The number of ether oxygens (including phenoxy) is 2. The Hall–Kier alpha value is -3.64. The van der Waals surface area contributed by atoms with Crippen molar-refractivity contribution in [1.29, 1.82) is 0 Å². The number of halogens is 1. The van der Waals surface area contributed by atoms with Crippen LogP contribution in [0.4, 0.5) is 4.39 Å². The summed E-state index contributed by atoms with van der Waals surface area (Å²) in [6.45, 7) is 3.34. The third kappa shape index (κ3) is 5.76. The molecule has 0 bridgehead atoms. The molecule has 0 saturated heterocycles. The predicted octanol–water partition coefficient (Wildman–Crippen LogP) is 5.28. The largest absolute Gasteiger partial charge is 0.492 e. The molecule has 0 radical (unpaired) electrons. The Balaban J connectivity index is 1.37. The first-order valence-electron chi connectivity index (χ1n) is 11.7. The first-order valence-corrected chi connectivity index (χ1v) is 13.3. The second kappa shape index (κ2) is 11.4. The molecule has 2 heterocycles. The third-order valence-corrected chi connectivity index (χ3v) is 7.53. The first-order chi connectivity index (χ1) is 18.4. The molecular weight excluding hydrogens is 525 g/mol. The van der Waals surface area contributed by atoms with Gasteiger partial charge in [-0.2, -0.15) is 0 Å². The van der Waals surface area contributed by atoms with E-state index in [1.54, 1.807) is 37.6 Å². The lowest BCUT2D eigenvalue weighted by molar-refractivity contribution is 0.100. The second-order valence-corrected chi connectivity index (χ2v) is 10.4. The van der Waals surface area contributed by atoms with Crippen LogP contribution < -0.4 is 15.2 Å². The summed E-state index contributed by atoms with van der Waals surface area (Å²) in [5.74, 6) is -0.0719. The van der Waals surface area contributed by atoms with Crippen LogP contribution in [0.25, 0.3) is 31.8 Å². The Morgan fingerprint density at radius 1 is 1.13 bits per heavy atom. The van der Waals surface area contributed by atoms with E-state index in [-0.39, 0.29) is 5.82 Å². The number of nitrogens with zero attached hydrogens (tertiary/aromatic N) is 3. The number of primary amides is 1. The summed E-state index contributed by atoms with van der Waals surface area (Å²) in [7, 11) is 1.59. The Labute approximate surface area is 226 Å². The van der Waals surface area contributed by atoms with E-state index < -0.39 is 5.91 Å². The molecule has 0 unspecified atom stereocenters. The number of amides is 1. The molecule has 0 aliphatic carbocycles. The van der Waals surface area contributed by atoms with Gasteiger partial charge in [0.2, 0.25) is 5.91 Å². The molecule has 3 aromatic carbocycles. The Kier molecular flexibility index (Phi) is 7.79. The minimum absolute atomic E-state index is 0.257. The van der Waals surface area contributed by atoms with Crippen molar-refractivity contribution in [2.45, 2.75) is 18.4 Å². The van der Waals surface area contributed by atoms with Crippen molar-refractivity contribution in [1.82, 2.24) is 19.7 Å². The van der Waals surface area contributed by atoms with Gasteiger partial charge in [-0.15, -0.1) is 11.3 Å². The van der Waals surface area contributed by atoms with Crippen molar-refractivity contribution in [3.05, 3.63) is 77.4 Å². The van der Waals surface area contributed by atoms with Gasteiger partial charge in [0.25, 0.3) is 0 Å². The van der Waals surface area contributed by atoms with Crippen LogP contribution in [-0.2, 0) is 11.3 Å². The van der Waals surface area contributed by atoms with Crippen molar-refractivity contribution in [3.63, 3.8) is 0 Å². The fourth-order valence-electron chi connectivity index (χ4n) is 3.90. The van der Waals surface area contributed by atoms with Gasteiger partial charge < -0.3 is 15.2 Å². The average molecular weight is 550 g/mol. The van der Waals surface area contributed by atoms with Gasteiger partial charge in [0.15, 0.2) is 0 Å². The first kappa shape index (κ1) is 26.0. The van der Waals surface area contributed by atoms with E-state index in [2.05, 4.69) is 14.7 Å². The third-order valence-electron chi connectivity index (χ3n) is 5.64. The number of thiazole rings is 1. The molecule has 0 saturated carbocycles. The molecule has 0 fully saturated rings. The Morgan fingerprint density at radius 2 is 1.95 bits per heavy atom. The lowest BCUT2D eigenvalue weighted by Crippen LogP contribution is -2.14. The van der Waals surface area contributed by atoms with Crippen LogP contribution in [0.15, 0.2) is 59.6 Å². The van der Waals surface area contributed by atoms with E-state index in [1.165, 1.54) is 35.4 Å². The van der Waals surface area contributed by atoms with Gasteiger partial charge in [0, 0.05) is 29.7 Å². The number of nitrogens with two attached hydrogens (primary N) is 1. The van der Waals surface area contributed by atoms with E-state index in [9.17, 15) is 9.18 Å². The monoisotopic (exact) mass is 549 g/mol. The molecule has 0 aliphatic rings. The predicted molar refractivity (Wildman–Crippen MR) is 148 cm³/mol. The standard InChI is InChI=1S/C27H24FN5O3S2/c1-15-9-19(36-8-7-31-38-20-5-3-17(28)4-6-20)12-23-24(15)33-27(37-23)21-10-16(26(29)34)11-22-25(21)30-13-18(32-22)14-35-2/h3-6,9-13,31H,7-8,14H2,1-2H3,(H2,29,34). The van der Waals surface area contributed by atoms with E-state index in [1.807, 2.05) is 19.1 Å². The number of rotatable bonds is 10. The van der Waals surface area contributed by atoms with E-state index in [0.717, 1.165) is 26.4 Å². The van der Waals surface area contributed by atoms with Crippen molar-refractivity contribution < 1.29 is 18.7 Å². The average Bonchev–Trinajstić information content (AvgIpc) is 3.33.